The van der Waals surface area contributed by atoms with Gasteiger partial charge >= 0.3 is 5.97 Å². The molecule has 0 amide bonds. The quantitative estimate of drug-likeness (QED) is 0.774. The number of benzene rings is 1. The monoisotopic (exact) mass is 271 g/mol. The van der Waals surface area contributed by atoms with Gasteiger partial charge in [0, 0.05) is 11.6 Å². The van der Waals surface area contributed by atoms with Crippen molar-refractivity contribution in [3.63, 3.8) is 0 Å². The van der Waals surface area contributed by atoms with E-state index < -0.39 is 0 Å². The Labute approximate surface area is 120 Å². The Morgan fingerprint density at radius 2 is 2.00 bits per heavy atom. The van der Waals surface area contributed by atoms with Gasteiger partial charge in [0.25, 0.3) is 0 Å². The van der Waals surface area contributed by atoms with Gasteiger partial charge in [-0.2, -0.15) is 0 Å². The zero-order valence-corrected chi connectivity index (χ0v) is 12.8. The zero-order valence-electron chi connectivity index (χ0n) is 12.8. The Hall–Kier alpha value is -1.90. The molecular weight excluding hydrogens is 250 g/mol. The van der Waals surface area contributed by atoms with Gasteiger partial charge in [-0.25, -0.2) is 4.79 Å². The van der Waals surface area contributed by atoms with Crippen LogP contribution in [0.4, 0.5) is 0 Å². The molecule has 0 saturated heterocycles. The average Bonchev–Trinajstić information content (AvgIpc) is 2.37. The summed E-state index contributed by atoms with van der Waals surface area (Å²) in [5.74, 6) is -0.299. The van der Waals surface area contributed by atoms with Crippen LogP contribution in [-0.4, -0.2) is 17.6 Å². The summed E-state index contributed by atoms with van der Waals surface area (Å²) in [5.41, 5.74) is 2.58. The van der Waals surface area contributed by atoms with Crippen LogP contribution < -0.4 is 0 Å². The molecule has 1 aromatic heterocycles. The summed E-state index contributed by atoms with van der Waals surface area (Å²) in [6, 6.07) is 6.17. The van der Waals surface area contributed by atoms with Crippen LogP contribution >= 0.6 is 0 Å². The van der Waals surface area contributed by atoms with Crippen molar-refractivity contribution in [3.8, 4) is 0 Å². The molecule has 106 valence electrons. The molecule has 1 aromatic carbocycles. The number of carbonyl (C=O) groups is 1. The van der Waals surface area contributed by atoms with Crippen molar-refractivity contribution < 1.29 is 9.53 Å². The maximum Gasteiger partial charge on any atom is 0.340 e. The molecule has 2 rings (SSSR count). The van der Waals surface area contributed by atoms with Crippen molar-refractivity contribution in [1.82, 2.24) is 4.98 Å². The maximum atomic E-state index is 12.1. The third-order valence-corrected chi connectivity index (χ3v) is 3.43. The van der Waals surface area contributed by atoms with Crippen LogP contribution in [-0.2, 0) is 10.2 Å². The minimum absolute atomic E-state index is 0.0726. The standard InChI is InChI=1S/C17H21NO2/c1-6-20-16(19)15-11(2)18-10-12-9-13(17(3,4)5)7-8-14(12)15/h7-10H,6H2,1-5H3. The number of fused-ring (bicyclic) bond motifs is 1. The number of hydrogen-bond acceptors (Lipinski definition) is 3. The SMILES string of the molecule is CCOC(=O)c1c(C)ncc2cc(C(C)(C)C)ccc12. The highest BCUT2D eigenvalue weighted by atomic mass is 16.5. The van der Waals surface area contributed by atoms with Gasteiger partial charge in [0.05, 0.1) is 17.9 Å². The largest absolute Gasteiger partial charge is 0.462 e. The third-order valence-electron chi connectivity index (χ3n) is 3.43. The Kier molecular flexibility index (Phi) is 3.80. The molecule has 20 heavy (non-hydrogen) atoms. The number of esters is 1. The summed E-state index contributed by atoms with van der Waals surface area (Å²) in [4.78, 5) is 16.4. The molecule has 0 radical (unpaired) electrons. The van der Waals surface area contributed by atoms with Gasteiger partial charge in [-0.1, -0.05) is 32.9 Å². The van der Waals surface area contributed by atoms with Gasteiger partial charge in [0.2, 0.25) is 0 Å². The van der Waals surface area contributed by atoms with Crippen LogP contribution in [0.25, 0.3) is 10.8 Å². The summed E-state index contributed by atoms with van der Waals surface area (Å²) < 4.78 is 5.14. The summed E-state index contributed by atoms with van der Waals surface area (Å²) >= 11 is 0. The molecule has 0 saturated carbocycles. The van der Waals surface area contributed by atoms with Gasteiger partial charge in [-0.05, 0) is 36.3 Å². The normalized spacial score (nSPS) is 11.7. The topological polar surface area (TPSA) is 39.2 Å². The number of pyridine rings is 1. The number of aryl methyl sites for hydroxylation is 1. The minimum Gasteiger partial charge on any atom is -0.462 e. The molecule has 0 atom stereocenters. The molecule has 0 aliphatic rings. The lowest BCUT2D eigenvalue weighted by Crippen LogP contribution is -2.12. The van der Waals surface area contributed by atoms with Gasteiger partial charge < -0.3 is 4.74 Å². The first-order valence-electron chi connectivity index (χ1n) is 6.91. The predicted molar refractivity (Wildman–Crippen MR) is 81.1 cm³/mol. The fourth-order valence-corrected chi connectivity index (χ4v) is 2.25. The van der Waals surface area contributed by atoms with Crippen molar-refractivity contribution in [1.29, 1.82) is 0 Å². The lowest BCUT2D eigenvalue weighted by atomic mass is 9.85. The molecule has 2 aromatic rings. The van der Waals surface area contributed by atoms with E-state index >= 15 is 0 Å². The van der Waals surface area contributed by atoms with E-state index in [4.69, 9.17) is 4.74 Å². The van der Waals surface area contributed by atoms with Crippen LogP contribution in [0.5, 0.6) is 0 Å². The first-order chi connectivity index (χ1) is 9.34. The molecule has 0 unspecified atom stereocenters. The molecule has 1 heterocycles. The van der Waals surface area contributed by atoms with Crippen LogP contribution in [0, 0.1) is 6.92 Å². The maximum absolute atomic E-state index is 12.1. The van der Waals surface area contributed by atoms with E-state index in [1.54, 1.807) is 0 Å². The van der Waals surface area contributed by atoms with Gasteiger partial charge in [-0.15, -0.1) is 0 Å². The minimum atomic E-state index is -0.299. The number of carbonyl (C=O) groups excluding carboxylic acids is 1. The highest BCUT2D eigenvalue weighted by Gasteiger charge is 2.18. The van der Waals surface area contributed by atoms with E-state index in [2.05, 4.69) is 37.9 Å². The van der Waals surface area contributed by atoms with E-state index in [1.807, 2.05) is 26.1 Å². The van der Waals surface area contributed by atoms with Crippen LogP contribution in [0.3, 0.4) is 0 Å². The summed E-state index contributed by atoms with van der Waals surface area (Å²) in [6.07, 6.45) is 1.82. The van der Waals surface area contributed by atoms with E-state index in [1.165, 1.54) is 5.56 Å². The Morgan fingerprint density at radius 3 is 2.60 bits per heavy atom. The molecule has 0 fully saturated rings. The lowest BCUT2D eigenvalue weighted by Gasteiger charge is -2.20. The second-order valence-corrected chi connectivity index (χ2v) is 5.99. The molecule has 3 heteroatoms. The van der Waals surface area contributed by atoms with Crippen molar-refractivity contribution >= 4 is 16.7 Å². The van der Waals surface area contributed by atoms with Crippen LogP contribution in [0.15, 0.2) is 24.4 Å². The highest BCUT2D eigenvalue weighted by molar-refractivity contribution is 6.05. The summed E-state index contributed by atoms with van der Waals surface area (Å²) in [7, 11) is 0. The van der Waals surface area contributed by atoms with Gasteiger partial charge in [0.15, 0.2) is 0 Å². The Morgan fingerprint density at radius 1 is 1.30 bits per heavy atom. The first-order valence-corrected chi connectivity index (χ1v) is 6.91. The molecular formula is C17H21NO2. The van der Waals surface area contributed by atoms with Crippen molar-refractivity contribution in [2.75, 3.05) is 6.61 Å². The molecule has 0 N–H and O–H groups in total. The van der Waals surface area contributed by atoms with Crippen molar-refractivity contribution in [2.45, 2.75) is 40.0 Å². The van der Waals surface area contributed by atoms with E-state index in [0.717, 1.165) is 10.8 Å². The Balaban J connectivity index is 2.64. The van der Waals surface area contributed by atoms with E-state index in [0.29, 0.717) is 17.9 Å². The van der Waals surface area contributed by atoms with Gasteiger partial charge in [0.1, 0.15) is 0 Å². The van der Waals surface area contributed by atoms with Crippen molar-refractivity contribution in [2.24, 2.45) is 0 Å². The molecule has 0 aliphatic carbocycles. The molecule has 3 nitrogen and oxygen atoms in total. The average molecular weight is 271 g/mol. The van der Waals surface area contributed by atoms with Gasteiger partial charge in [-0.3, -0.25) is 4.98 Å². The fourth-order valence-electron chi connectivity index (χ4n) is 2.25. The second kappa shape index (κ2) is 5.23. The molecule has 0 aliphatic heterocycles. The molecule has 0 bridgehead atoms. The van der Waals surface area contributed by atoms with Crippen LogP contribution in [0.2, 0.25) is 0 Å². The molecule has 0 spiro atoms. The second-order valence-electron chi connectivity index (χ2n) is 5.99. The number of nitrogens with zero attached hydrogens (tertiary/aromatic N) is 1. The zero-order chi connectivity index (χ0) is 14.9. The van der Waals surface area contributed by atoms with Crippen molar-refractivity contribution in [3.05, 3.63) is 41.2 Å². The van der Waals surface area contributed by atoms with Crippen LogP contribution in [0.1, 0.15) is 49.3 Å². The number of rotatable bonds is 2. The first kappa shape index (κ1) is 14.5. The highest BCUT2D eigenvalue weighted by Crippen LogP contribution is 2.28. The van der Waals surface area contributed by atoms with E-state index in [-0.39, 0.29) is 11.4 Å². The summed E-state index contributed by atoms with van der Waals surface area (Å²) in [5, 5.41) is 1.88. The number of ether oxygens (including phenoxy) is 1. The lowest BCUT2D eigenvalue weighted by molar-refractivity contribution is 0.0527. The fraction of sp³-hybridized carbons (Fsp3) is 0.412. The van der Waals surface area contributed by atoms with E-state index in [9.17, 15) is 4.79 Å². The number of aromatic nitrogens is 1. The number of hydrogen-bond donors (Lipinski definition) is 0. The smallest absolute Gasteiger partial charge is 0.340 e. The predicted octanol–water partition coefficient (Wildman–Crippen LogP) is 4.02. The summed E-state index contributed by atoms with van der Waals surface area (Å²) in [6.45, 7) is 10.5. The third kappa shape index (κ3) is 2.67. The Bertz CT molecular complexity index is 654.